The number of carbonyl (C=O) groups is 2. The fourth-order valence-electron chi connectivity index (χ4n) is 4.73. The fourth-order valence-corrected chi connectivity index (χ4v) is 4.73. The number of benzene rings is 2. The number of rotatable bonds is 3. The van der Waals surface area contributed by atoms with Gasteiger partial charge in [0, 0.05) is 57.3 Å². The molecule has 1 aromatic heterocycles. The van der Waals surface area contributed by atoms with E-state index in [0.717, 1.165) is 10.9 Å². The number of likely N-dealkylation sites (tertiary alicyclic amines) is 1. The SMILES string of the molecule is COc1ccc2c(c1)OC1(CCN(C(=O)NCc3ccc4c(ccn4C)c3)CC1)CC2=O. The Morgan fingerprint density at radius 3 is 2.75 bits per heavy atom. The Morgan fingerprint density at radius 1 is 1.16 bits per heavy atom. The lowest BCUT2D eigenvalue weighted by atomic mass is 9.82. The topological polar surface area (TPSA) is 72.8 Å². The van der Waals surface area contributed by atoms with Gasteiger partial charge in [-0.25, -0.2) is 4.79 Å². The van der Waals surface area contributed by atoms with Crippen LogP contribution in [0.4, 0.5) is 4.79 Å². The van der Waals surface area contributed by atoms with Crippen LogP contribution in [0.3, 0.4) is 0 Å². The molecule has 2 aliphatic rings. The Kier molecular flexibility index (Phi) is 5.04. The number of ether oxygens (including phenoxy) is 2. The van der Waals surface area contributed by atoms with Gasteiger partial charge < -0.3 is 24.3 Å². The molecule has 0 unspecified atom stereocenters. The molecule has 0 saturated carbocycles. The number of hydrogen-bond acceptors (Lipinski definition) is 4. The van der Waals surface area contributed by atoms with Gasteiger partial charge in [-0.1, -0.05) is 6.07 Å². The molecule has 1 fully saturated rings. The van der Waals surface area contributed by atoms with E-state index in [1.807, 2.05) is 19.3 Å². The van der Waals surface area contributed by atoms with E-state index in [1.165, 1.54) is 5.52 Å². The number of amides is 2. The number of methoxy groups -OCH3 is 1. The first-order chi connectivity index (χ1) is 15.5. The van der Waals surface area contributed by atoms with Crippen LogP contribution in [0.5, 0.6) is 11.5 Å². The number of urea groups is 1. The molecule has 2 amide bonds. The Hall–Kier alpha value is -3.48. The lowest BCUT2D eigenvalue weighted by Gasteiger charge is -2.43. The predicted octanol–water partition coefficient (Wildman–Crippen LogP) is 3.90. The van der Waals surface area contributed by atoms with Crippen LogP contribution < -0.4 is 14.8 Å². The summed E-state index contributed by atoms with van der Waals surface area (Å²) in [5.74, 6) is 1.33. The van der Waals surface area contributed by atoms with E-state index < -0.39 is 5.60 Å². The van der Waals surface area contributed by atoms with Crippen molar-refractivity contribution in [2.75, 3.05) is 20.2 Å². The maximum absolute atomic E-state index is 12.7. The molecule has 0 radical (unpaired) electrons. The van der Waals surface area contributed by atoms with E-state index in [9.17, 15) is 9.59 Å². The van der Waals surface area contributed by atoms with E-state index in [2.05, 4.69) is 28.1 Å². The average Bonchev–Trinajstić information content (AvgIpc) is 3.17. The molecule has 1 N–H and O–H groups in total. The number of fused-ring (bicyclic) bond motifs is 2. The summed E-state index contributed by atoms with van der Waals surface area (Å²) in [6, 6.07) is 13.5. The number of aryl methyl sites for hydroxylation is 1. The fraction of sp³-hybridized carbons (Fsp3) is 0.360. The zero-order chi connectivity index (χ0) is 22.3. The molecule has 3 heterocycles. The summed E-state index contributed by atoms with van der Waals surface area (Å²) in [6.45, 7) is 1.58. The van der Waals surface area contributed by atoms with E-state index in [4.69, 9.17) is 9.47 Å². The number of nitrogens with zero attached hydrogens (tertiary/aromatic N) is 2. The number of carbonyl (C=O) groups excluding carboxylic acids is 2. The van der Waals surface area contributed by atoms with Crippen molar-refractivity contribution in [3.8, 4) is 11.5 Å². The minimum atomic E-state index is -0.550. The van der Waals surface area contributed by atoms with Crippen molar-refractivity contribution in [3.63, 3.8) is 0 Å². The highest BCUT2D eigenvalue weighted by Crippen LogP contribution is 2.40. The van der Waals surface area contributed by atoms with Crippen LogP contribution in [0.1, 0.15) is 35.2 Å². The summed E-state index contributed by atoms with van der Waals surface area (Å²) in [5, 5.41) is 4.19. The second-order valence-electron chi connectivity index (χ2n) is 8.71. The lowest BCUT2D eigenvalue weighted by molar-refractivity contribution is -0.000822. The van der Waals surface area contributed by atoms with Gasteiger partial charge in [0.2, 0.25) is 0 Å². The molecule has 5 rings (SSSR count). The molecule has 2 aliphatic heterocycles. The van der Waals surface area contributed by atoms with Crippen LogP contribution in [-0.2, 0) is 13.6 Å². The quantitative estimate of drug-likeness (QED) is 0.680. The molecule has 7 nitrogen and oxygen atoms in total. The van der Waals surface area contributed by atoms with Gasteiger partial charge in [-0.2, -0.15) is 0 Å². The molecule has 0 bridgehead atoms. The van der Waals surface area contributed by atoms with Crippen LogP contribution >= 0.6 is 0 Å². The molecular weight excluding hydrogens is 406 g/mol. The second kappa shape index (κ2) is 7.89. The van der Waals surface area contributed by atoms with Crippen LogP contribution in [0.2, 0.25) is 0 Å². The maximum atomic E-state index is 12.7. The summed E-state index contributed by atoms with van der Waals surface area (Å²) in [6.07, 6.45) is 3.62. The van der Waals surface area contributed by atoms with Gasteiger partial charge >= 0.3 is 6.03 Å². The third-order valence-corrected chi connectivity index (χ3v) is 6.65. The van der Waals surface area contributed by atoms with Crippen molar-refractivity contribution >= 4 is 22.7 Å². The minimum Gasteiger partial charge on any atom is -0.497 e. The number of nitrogens with one attached hydrogen (secondary N) is 1. The molecule has 32 heavy (non-hydrogen) atoms. The molecule has 3 aromatic rings. The summed E-state index contributed by atoms with van der Waals surface area (Å²) >= 11 is 0. The number of piperidine rings is 1. The van der Waals surface area contributed by atoms with Crippen molar-refractivity contribution in [2.24, 2.45) is 7.05 Å². The molecule has 166 valence electrons. The second-order valence-corrected chi connectivity index (χ2v) is 8.71. The maximum Gasteiger partial charge on any atom is 0.317 e. The van der Waals surface area contributed by atoms with Crippen LogP contribution in [0, 0.1) is 0 Å². The monoisotopic (exact) mass is 433 g/mol. The van der Waals surface area contributed by atoms with Gasteiger partial charge in [0.05, 0.1) is 19.1 Å². The first kappa shape index (κ1) is 20.4. The highest BCUT2D eigenvalue weighted by atomic mass is 16.5. The molecule has 0 atom stereocenters. The highest BCUT2D eigenvalue weighted by Gasteiger charge is 2.43. The molecule has 1 spiro atoms. The van der Waals surface area contributed by atoms with Gasteiger partial charge in [0.1, 0.15) is 17.1 Å². The zero-order valence-electron chi connectivity index (χ0n) is 18.4. The van der Waals surface area contributed by atoms with Gasteiger partial charge in [0.15, 0.2) is 5.78 Å². The Bertz CT molecular complexity index is 1190. The molecular formula is C25H27N3O4. The Balaban J connectivity index is 1.20. The Labute approximate surface area is 186 Å². The third-order valence-electron chi connectivity index (χ3n) is 6.65. The molecule has 7 heteroatoms. The smallest absolute Gasteiger partial charge is 0.317 e. The summed E-state index contributed by atoms with van der Waals surface area (Å²) in [4.78, 5) is 27.3. The lowest BCUT2D eigenvalue weighted by Crippen LogP contribution is -2.54. The van der Waals surface area contributed by atoms with E-state index >= 15 is 0 Å². The predicted molar refractivity (Wildman–Crippen MR) is 121 cm³/mol. The van der Waals surface area contributed by atoms with E-state index in [-0.39, 0.29) is 11.8 Å². The number of Topliss-reactive ketones (excluding diaryl/α,β-unsaturated/α-hetero) is 1. The largest absolute Gasteiger partial charge is 0.497 e. The van der Waals surface area contributed by atoms with Crippen molar-refractivity contribution in [1.82, 2.24) is 14.8 Å². The molecule has 0 aliphatic carbocycles. The van der Waals surface area contributed by atoms with Gasteiger partial charge in [-0.3, -0.25) is 4.79 Å². The third kappa shape index (κ3) is 3.68. The first-order valence-corrected chi connectivity index (χ1v) is 10.9. The van der Waals surface area contributed by atoms with E-state index in [1.54, 1.807) is 30.2 Å². The van der Waals surface area contributed by atoms with Gasteiger partial charge in [-0.15, -0.1) is 0 Å². The minimum absolute atomic E-state index is 0.0859. The molecule has 2 aromatic carbocycles. The summed E-state index contributed by atoms with van der Waals surface area (Å²) in [7, 11) is 3.61. The Morgan fingerprint density at radius 2 is 1.97 bits per heavy atom. The van der Waals surface area contributed by atoms with Crippen molar-refractivity contribution < 1.29 is 19.1 Å². The summed E-state index contributed by atoms with van der Waals surface area (Å²) < 4.78 is 13.7. The van der Waals surface area contributed by atoms with Crippen molar-refractivity contribution in [3.05, 3.63) is 59.8 Å². The number of ketones is 1. The highest BCUT2D eigenvalue weighted by molar-refractivity contribution is 6.00. The molecule has 1 saturated heterocycles. The normalized spacial score (nSPS) is 17.2. The van der Waals surface area contributed by atoms with Gasteiger partial charge in [-0.05, 0) is 41.3 Å². The van der Waals surface area contributed by atoms with Crippen LogP contribution in [0.15, 0.2) is 48.7 Å². The summed E-state index contributed by atoms with van der Waals surface area (Å²) in [5.41, 5.74) is 2.29. The van der Waals surface area contributed by atoms with Gasteiger partial charge in [0.25, 0.3) is 0 Å². The van der Waals surface area contributed by atoms with Crippen molar-refractivity contribution in [2.45, 2.75) is 31.4 Å². The standard InChI is InChI=1S/C25H27N3O4/c1-27-10-7-18-13-17(3-6-21(18)27)16-26-24(30)28-11-8-25(9-12-28)15-22(29)20-5-4-19(31-2)14-23(20)32-25/h3-7,10,13-14H,8-9,11-12,15-16H2,1-2H3,(H,26,30). The first-order valence-electron chi connectivity index (χ1n) is 10.9. The van der Waals surface area contributed by atoms with Crippen LogP contribution in [-0.4, -0.2) is 47.1 Å². The van der Waals surface area contributed by atoms with E-state index in [0.29, 0.717) is 56.0 Å². The number of hydrogen-bond donors (Lipinski definition) is 1. The number of aromatic nitrogens is 1. The van der Waals surface area contributed by atoms with Crippen molar-refractivity contribution in [1.29, 1.82) is 0 Å². The zero-order valence-corrected chi connectivity index (χ0v) is 18.4. The average molecular weight is 434 g/mol. The van der Waals surface area contributed by atoms with Crippen LogP contribution in [0.25, 0.3) is 10.9 Å².